The normalized spacial score (nSPS) is 15.9. The molecule has 25 heavy (non-hydrogen) atoms. The van der Waals surface area contributed by atoms with E-state index < -0.39 is 6.10 Å². The molecule has 0 aromatic heterocycles. The van der Waals surface area contributed by atoms with Crippen LogP contribution in [0.4, 0.5) is 5.69 Å². The van der Waals surface area contributed by atoms with E-state index in [9.17, 15) is 9.59 Å². The highest BCUT2D eigenvalue weighted by Gasteiger charge is 2.33. The van der Waals surface area contributed by atoms with Crippen molar-refractivity contribution in [2.45, 2.75) is 17.9 Å². The molecule has 130 valence electrons. The molecule has 0 saturated carbocycles. The van der Waals surface area contributed by atoms with Crippen molar-refractivity contribution in [1.82, 2.24) is 5.32 Å². The number of ether oxygens (including phenoxy) is 1. The highest BCUT2D eigenvalue weighted by atomic mass is 32.2. The van der Waals surface area contributed by atoms with Crippen LogP contribution in [0.5, 0.6) is 5.75 Å². The lowest BCUT2D eigenvalue weighted by atomic mass is 10.2. The molecule has 1 heterocycles. The predicted molar refractivity (Wildman–Crippen MR) is 99.2 cm³/mol. The van der Waals surface area contributed by atoms with Crippen LogP contribution in [-0.4, -0.2) is 37.3 Å². The van der Waals surface area contributed by atoms with Crippen LogP contribution < -0.4 is 15.0 Å². The molecule has 5 nitrogen and oxygen atoms in total. The number of thioether (sulfide) groups is 1. The number of hydrogen-bond donors (Lipinski definition) is 1. The number of amides is 2. The number of nitrogens with one attached hydrogen (secondary N) is 1. The van der Waals surface area contributed by atoms with Crippen LogP contribution in [0, 0.1) is 6.92 Å². The summed E-state index contributed by atoms with van der Waals surface area (Å²) in [6.45, 7) is 2.24. The van der Waals surface area contributed by atoms with Gasteiger partial charge in [0.05, 0.1) is 18.0 Å². The highest BCUT2D eigenvalue weighted by Crippen LogP contribution is 2.34. The molecule has 0 saturated heterocycles. The third kappa shape index (κ3) is 3.96. The monoisotopic (exact) mass is 356 g/mol. The van der Waals surface area contributed by atoms with Gasteiger partial charge in [-0.05, 0) is 31.2 Å². The second kappa shape index (κ2) is 7.61. The summed E-state index contributed by atoms with van der Waals surface area (Å²) in [4.78, 5) is 27.4. The third-order valence-corrected chi connectivity index (χ3v) is 4.99. The van der Waals surface area contributed by atoms with E-state index >= 15 is 0 Å². The Bertz CT molecular complexity index is 776. The zero-order chi connectivity index (χ0) is 17.8. The molecule has 0 radical (unpaired) electrons. The summed E-state index contributed by atoms with van der Waals surface area (Å²) in [5, 5.41) is 2.58. The summed E-state index contributed by atoms with van der Waals surface area (Å²) in [5.41, 5.74) is 1.89. The third-order valence-electron chi connectivity index (χ3n) is 4.00. The molecule has 1 atom stereocenters. The Morgan fingerprint density at radius 1 is 1.20 bits per heavy atom. The summed E-state index contributed by atoms with van der Waals surface area (Å²) in [7, 11) is 1.56. The summed E-state index contributed by atoms with van der Waals surface area (Å²) in [6, 6.07) is 15.4. The van der Waals surface area contributed by atoms with Crippen molar-refractivity contribution in [2.24, 2.45) is 0 Å². The van der Waals surface area contributed by atoms with Gasteiger partial charge in [0.25, 0.3) is 5.91 Å². The van der Waals surface area contributed by atoms with Crippen molar-refractivity contribution >= 4 is 29.3 Å². The van der Waals surface area contributed by atoms with Gasteiger partial charge in [-0.2, -0.15) is 0 Å². The number of aryl methyl sites for hydroxylation is 1. The second-order valence-electron chi connectivity index (χ2n) is 5.79. The smallest absolute Gasteiger partial charge is 0.262 e. The minimum Gasteiger partial charge on any atom is -0.477 e. The van der Waals surface area contributed by atoms with Gasteiger partial charge in [0.1, 0.15) is 5.75 Å². The number of carbonyl (C=O) groups excluding carboxylic acids is 2. The Kier molecular flexibility index (Phi) is 5.28. The van der Waals surface area contributed by atoms with Crippen molar-refractivity contribution < 1.29 is 14.3 Å². The Labute approximate surface area is 151 Å². The van der Waals surface area contributed by atoms with Crippen molar-refractivity contribution in [1.29, 1.82) is 0 Å². The van der Waals surface area contributed by atoms with Gasteiger partial charge >= 0.3 is 0 Å². The number of rotatable bonds is 4. The Hall–Kier alpha value is -2.47. The maximum absolute atomic E-state index is 12.8. The standard InChI is InChI=1S/C19H20N2O3S/c1-13-7-9-14(10-8-13)25-12-18(22)21-11-17(19(23)20-2)24-16-6-4-3-5-15(16)21/h3-10,17H,11-12H2,1-2H3,(H,20,23)/t17-/m0/s1. The Balaban J connectivity index is 1.75. The molecule has 0 unspecified atom stereocenters. The number of carbonyl (C=O) groups is 2. The van der Waals surface area contributed by atoms with Crippen molar-refractivity contribution in [3.05, 3.63) is 54.1 Å². The Morgan fingerprint density at radius 3 is 2.64 bits per heavy atom. The fraction of sp³-hybridized carbons (Fsp3) is 0.263. The summed E-state index contributed by atoms with van der Waals surface area (Å²) in [6.07, 6.45) is -0.701. The van der Waals surface area contributed by atoms with Gasteiger partial charge in [-0.25, -0.2) is 0 Å². The van der Waals surface area contributed by atoms with Crippen LogP contribution in [-0.2, 0) is 9.59 Å². The number of nitrogens with zero attached hydrogens (tertiary/aromatic N) is 1. The van der Waals surface area contributed by atoms with Crippen molar-refractivity contribution in [2.75, 3.05) is 24.2 Å². The molecule has 3 rings (SSSR count). The summed E-state index contributed by atoms with van der Waals surface area (Å²) >= 11 is 1.49. The van der Waals surface area contributed by atoms with E-state index in [0.717, 1.165) is 4.90 Å². The predicted octanol–water partition coefficient (Wildman–Crippen LogP) is 2.63. The van der Waals surface area contributed by atoms with E-state index in [1.54, 1.807) is 18.0 Å². The molecule has 0 aliphatic carbocycles. The molecule has 2 aromatic carbocycles. The van der Waals surface area contributed by atoms with Crippen LogP contribution in [0.25, 0.3) is 0 Å². The van der Waals surface area contributed by atoms with Crippen LogP contribution in [0.2, 0.25) is 0 Å². The number of benzene rings is 2. The van der Waals surface area contributed by atoms with Gasteiger partial charge in [-0.3, -0.25) is 9.59 Å². The molecular weight excluding hydrogens is 336 g/mol. The maximum Gasteiger partial charge on any atom is 0.262 e. The highest BCUT2D eigenvalue weighted by molar-refractivity contribution is 8.00. The van der Waals surface area contributed by atoms with Crippen LogP contribution >= 0.6 is 11.8 Å². The van der Waals surface area contributed by atoms with Crippen molar-refractivity contribution in [3.63, 3.8) is 0 Å². The molecule has 1 N–H and O–H groups in total. The van der Waals surface area contributed by atoms with Crippen LogP contribution in [0.1, 0.15) is 5.56 Å². The lowest BCUT2D eigenvalue weighted by Crippen LogP contribution is -2.50. The zero-order valence-corrected chi connectivity index (χ0v) is 15.0. The lowest BCUT2D eigenvalue weighted by molar-refractivity contribution is -0.127. The van der Waals surface area contributed by atoms with E-state index in [2.05, 4.69) is 5.32 Å². The largest absolute Gasteiger partial charge is 0.477 e. The number of fused-ring (bicyclic) bond motifs is 1. The van der Waals surface area contributed by atoms with Gasteiger partial charge in [-0.1, -0.05) is 29.8 Å². The lowest BCUT2D eigenvalue weighted by Gasteiger charge is -2.34. The molecule has 2 amide bonds. The molecule has 0 bridgehead atoms. The van der Waals surface area contributed by atoms with E-state index in [0.29, 0.717) is 17.2 Å². The van der Waals surface area contributed by atoms with Crippen molar-refractivity contribution in [3.8, 4) is 5.75 Å². The van der Waals surface area contributed by atoms with Gasteiger partial charge in [0.2, 0.25) is 5.91 Å². The van der Waals surface area contributed by atoms with Gasteiger partial charge in [-0.15, -0.1) is 11.8 Å². The minimum atomic E-state index is -0.701. The molecule has 2 aromatic rings. The molecule has 6 heteroatoms. The van der Waals surface area contributed by atoms with E-state index in [1.807, 2.05) is 49.4 Å². The number of likely N-dealkylation sites (N-methyl/N-ethyl adjacent to an activating group) is 1. The van der Waals surface area contributed by atoms with Gasteiger partial charge in [0, 0.05) is 11.9 Å². The average Bonchev–Trinajstić information content (AvgIpc) is 2.65. The molecule has 1 aliphatic heterocycles. The van der Waals surface area contributed by atoms with E-state index in [4.69, 9.17) is 4.74 Å². The summed E-state index contributed by atoms with van der Waals surface area (Å²) in [5.74, 6) is 0.572. The average molecular weight is 356 g/mol. The first-order chi connectivity index (χ1) is 12.1. The maximum atomic E-state index is 12.8. The number of anilines is 1. The molecule has 1 aliphatic rings. The minimum absolute atomic E-state index is 0.0461. The first-order valence-corrected chi connectivity index (χ1v) is 9.04. The topological polar surface area (TPSA) is 58.6 Å². The quantitative estimate of drug-likeness (QED) is 0.856. The first kappa shape index (κ1) is 17.4. The first-order valence-electron chi connectivity index (χ1n) is 8.05. The van der Waals surface area contributed by atoms with Gasteiger partial charge in [0.15, 0.2) is 6.10 Å². The Morgan fingerprint density at radius 2 is 1.92 bits per heavy atom. The fourth-order valence-corrected chi connectivity index (χ4v) is 3.40. The second-order valence-corrected chi connectivity index (χ2v) is 6.84. The molecule has 0 fully saturated rings. The van der Waals surface area contributed by atoms with E-state index in [-0.39, 0.29) is 18.4 Å². The zero-order valence-electron chi connectivity index (χ0n) is 14.2. The van der Waals surface area contributed by atoms with Crippen LogP contribution in [0.3, 0.4) is 0 Å². The molecular formula is C19H20N2O3S. The number of hydrogen-bond acceptors (Lipinski definition) is 4. The van der Waals surface area contributed by atoms with E-state index in [1.165, 1.54) is 17.3 Å². The molecule has 0 spiro atoms. The number of para-hydroxylation sites is 2. The fourth-order valence-electron chi connectivity index (χ4n) is 2.63. The SMILES string of the molecule is CNC(=O)[C@@H]1CN(C(=O)CSc2ccc(C)cc2)c2ccccc2O1. The van der Waals surface area contributed by atoms with Crippen LogP contribution in [0.15, 0.2) is 53.4 Å². The van der Waals surface area contributed by atoms with Gasteiger partial charge < -0.3 is 15.0 Å². The summed E-state index contributed by atoms with van der Waals surface area (Å²) < 4.78 is 5.73.